The smallest absolute Gasteiger partial charge is 0.217 e. The normalized spacial score (nSPS) is 18.9. The van der Waals surface area contributed by atoms with Gasteiger partial charge in [0.05, 0.1) is 38.6 Å². The van der Waals surface area contributed by atoms with Crippen molar-refractivity contribution >= 4 is 17.3 Å². The predicted molar refractivity (Wildman–Crippen MR) is 123 cm³/mol. The number of fused-ring (bicyclic) bond motifs is 3. The second-order valence-electron chi connectivity index (χ2n) is 7.64. The van der Waals surface area contributed by atoms with Crippen LogP contribution < -0.4 is 18.9 Å². The molecule has 3 aromatic carbocycles. The van der Waals surface area contributed by atoms with Crippen molar-refractivity contribution in [1.82, 2.24) is 5.01 Å². The zero-order valence-corrected chi connectivity index (χ0v) is 18.8. The standard InChI is InChI=1S/C25H23ClN2O4/c1-29-17-7-4-15(5-8-17)21-14-22-19-12-16(26)6-10-24(19)32-25(28(22)27-21)20-13-18(30-2)9-11-23(20)31-3/h4-13,22,25H,14H2,1-3H3/t22-,25-/m1/s1. The topological polar surface area (TPSA) is 52.5 Å². The van der Waals surface area contributed by atoms with Crippen LogP contribution in [0.4, 0.5) is 0 Å². The van der Waals surface area contributed by atoms with Crippen molar-refractivity contribution in [1.29, 1.82) is 0 Å². The van der Waals surface area contributed by atoms with Crippen LogP contribution in [0.15, 0.2) is 65.8 Å². The maximum Gasteiger partial charge on any atom is 0.217 e. The summed E-state index contributed by atoms with van der Waals surface area (Å²) in [5.41, 5.74) is 3.88. The van der Waals surface area contributed by atoms with E-state index >= 15 is 0 Å². The Bertz CT molecular complexity index is 1180. The van der Waals surface area contributed by atoms with Crippen LogP contribution in [0.3, 0.4) is 0 Å². The summed E-state index contributed by atoms with van der Waals surface area (Å²) in [6.07, 6.45) is 0.251. The van der Waals surface area contributed by atoms with Gasteiger partial charge in [0.1, 0.15) is 23.0 Å². The van der Waals surface area contributed by atoms with Crippen LogP contribution >= 0.6 is 11.6 Å². The molecular formula is C25H23ClN2O4. The first-order valence-electron chi connectivity index (χ1n) is 10.3. The van der Waals surface area contributed by atoms with E-state index in [9.17, 15) is 0 Å². The molecule has 0 spiro atoms. The molecule has 2 heterocycles. The zero-order chi connectivity index (χ0) is 22.2. The van der Waals surface area contributed by atoms with Gasteiger partial charge >= 0.3 is 0 Å². The highest BCUT2D eigenvalue weighted by molar-refractivity contribution is 6.30. The summed E-state index contributed by atoms with van der Waals surface area (Å²) in [6.45, 7) is 0. The average molecular weight is 451 g/mol. The summed E-state index contributed by atoms with van der Waals surface area (Å²) in [7, 11) is 4.95. The van der Waals surface area contributed by atoms with Crippen molar-refractivity contribution in [3.05, 3.63) is 82.4 Å². The first kappa shape index (κ1) is 20.5. The van der Waals surface area contributed by atoms with E-state index in [4.69, 9.17) is 35.6 Å². The fraction of sp³-hybridized carbons (Fsp3) is 0.240. The van der Waals surface area contributed by atoms with E-state index in [1.165, 1.54) is 0 Å². The van der Waals surface area contributed by atoms with Crippen LogP contribution in [0.1, 0.15) is 35.4 Å². The summed E-state index contributed by atoms with van der Waals surface area (Å²) < 4.78 is 22.9. The molecule has 2 aliphatic rings. The average Bonchev–Trinajstić information content (AvgIpc) is 3.29. The molecule has 0 fully saturated rings. The van der Waals surface area contributed by atoms with Crippen LogP contribution in [0, 0.1) is 0 Å². The Kier molecular flexibility index (Phi) is 5.31. The molecule has 0 unspecified atom stereocenters. The molecule has 0 N–H and O–H groups in total. The summed E-state index contributed by atoms with van der Waals surface area (Å²) in [5, 5.41) is 7.66. The van der Waals surface area contributed by atoms with Gasteiger partial charge in [0, 0.05) is 17.0 Å². The monoisotopic (exact) mass is 450 g/mol. The molecule has 2 atom stereocenters. The summed E-state index contributed by atoms with van der Waals surface area (Å²) in [6, 6.07) is 19.3. The van der Waals surface area contributed by atoms with Crippen molar-refractivity contribution in [2.24, 2.45) is 5.10 Å². The van der Waals surface area contributed by atoms with Gasteiger partial charge in [-0.15, -0.1) is 0 Å². The van der Waals surface area contributed by atoms with Gasteiger partial charge in [-0.1, -0.05) is 11.6 Å². The van der Waals surface area contributed by atoms with Gasteiger partial charge in [-0.3, -0.25) is 0 Å². The predicted octanol–water partition coefficient (Wildman–Crippen LogP) is 5.61. The van der Waals surface area contributed by atoms with E-state index in [-0.39, 0.29) is 6.04 Å². The van der Waals surface area contributed by atoms with E-state index in [2.05, 4.69) is 0 Å². The number of hydrazone groups is 1. The number of methoxy groups -OCH3 is 3. The Morgan fingerprint density at radius 1 is 0.875 bits per heavy atom. The van der Waals surface area contributed by atoms with Crippen molar-refractivity contribution in [2.75, 3.05) is 21.3 Å². The fourth-order valence-corrected chi connectivity index (χ4v) is 4.43. The van der Waals surface area contributed by atoms with E-state index in [1.54, 1.807) is 21.3 Å². The number of halogens is 1. The zero-order valence-electron chi connectivity index (χ0n) is 18.0. The second kappa shape index (κ2) is 8.28. The lowest BCUT2D eigenvalue weighted by Gasteiger charge is -2.38. The molecule has 6 nitrogen and oxygen atoms in total. The number of hydrogen-bond donors (Lipinski definition) is 0. The molecule has 0 aromatic heterocycles. The minimum atomic E-state index is -0.477. The molecule has 0 saturated carbocycles. The second-order valence-corrected chi connectivity index (χ2v) is 8.07. The number of nitrogens with zero attached hydrogens (tertiary/aromatic N) is 2. The molecule has 164 valence electrons. The Morgan fingerprint density at radius 3 is 2.34 bits per heavy atom. The van der Waals surface area contributed by atoms with Gasteiger partial charge < -0.3 is 18.9 Å². The first-order valence-corrected chi connectivity index (χ1v) is 10.7. The van der Waals surface area contributed by atoms with Gasteiger partial charge in [-0.05, 0) is 66.2 Å². The molecule has 3 aromatic rings. The molecule has 0 aliphatic carbocycles. The molecular weight excluding hydrogens is 428 g/mol. The number of hydrogen-bond acceptors (Lipinski definition) is 6. The van der Waals surface area contributed by atoms with Crippen molar-refractivity contribution < 1.29 is 18.9 Å². The third-order valence-corrected chi connectivity index (χ3v) is 6.11. The van der Waals surface area contributed by atoms with Gasteiger partial charge in [-0.25, -0.2) is 5.01 Å². The first-order chi connectivity index (χ1) is 15.6. The van der Waals surface area contributed by atoms with E-state index in [0.29, 0.717) is 10.8 Å². The Hall–Kier alpha value is -3.38. The SMILES string of the molecule is COc1ccc(C2=NN3[C@H](C2)c2cc(Cl)ccc2O[C@@H]3c2cc(OC)ccc2OC)cc1. The molecule has 0 amide bonds. The maximum atomic E-state index is 6.45. The lowest BCUT2D eigenvalue weighted by atomic mass is 9.95. The quantitative estimate of drug-likeness (QED) is 0.505. The summed E-state index contributed by atoms with van der Waals surface area (Å²) in [4.78, 5) is 0. The lowest BCUT2D eigenvalue weighted by Crippen LogP contribution is -2.34. The number of benzene rings is 3. The Balaban J connectivity index is 1.61. The van der Waals surface area contributed by atoms with Gasteiger partial charge in [0.2, 0.25) is 6.23 Å². The third-order valence-electron chi connectivity index (χ3n) is 5.88. The summed E-state index contributed by atoms with van der Waals surface area (Å²) >= 11 is 6.33. The molecule has 5 rings (SSSR count). The third kappa shape index (κ3) is 3.50. The minimum absolute atomic E-state index is 0.0181. The van der Waals surface area contributed by atoms with Gasteiger partial charge in [-0.2, -0.15) is 5.10 Å². The molecule has 0 saturated heterocycles. The molecule has 7 heteroatoms. The Labute approximate surface area is 191 Å². The van der Waals surface area contributed by atoms with E-state index < -0.39 is 6.23 Å². The number of ether oxygens (including phenoxy) is 4. The van der Waals surface area contributed by atoms with Gasteiger partial charge in [0.15, 0.2) is 0 Å². The maximum absolute atomic E-state index is 6.45. The van der Waals surface area contributed by atoms with Crippen LogP contribution in [0.2, 0.25) is 5.02 Å². The molecule has 2 aliphatic heterocycles. The van der Waals surface area contributed by atoms with Crippen LogP contribution in [0.25, 0.3) is 0 Å². The van der Waals surface area contributed by atoms with Crippen molar-refractivity contribution in [2.45, 2.75) is 18.7 Å². The lowest BCUT2D eigenvalue weighted by molar-refractivity contribution is -0.0204. The summed E-state index contributed by atoms with van der Waals surface area (Å²) in [5.74, 6) is 3.03. The highest BCUT2D eigenvalue weighted by Gasteiger charge is 2.42. The fourth-order valence-electron chi connectivity index (χ4n) is 4.25. The molecule has 32 heavy (non-hydrogen) atoms. The highest BCUT2D eigenvalue weighted by Crippen LogP contribution is 2.49. The van der Waals surface area contributed by atoms with Crippen LogP contribution in [-0.4, -0.2) is 32.0 Å². The largest absolute Gasteiger partial charge is 0.497 e. The van der Waals surface area contributed by atoms with Crippen LogP contribution in [0.5, 0.6) is 23.0 Å². The van der Waals surface area contributed by atoms with Crippen LogP contribution in [-0.2, 0) is 0 Å². The number of rotatable bonds is 5. The van der Waals surface area contributed by atoms with Crippen molar-refractivity contribution in [3.63, 3.8) is 0 Å². The highest BCUT2D eigenvalue weighted by atomic mass is 35.5. The molecule has 0 bridgehead atoms. The minimum Gasteiger partial charge on any atom is -0.497 e. The Morgan fingerprint density at radius 2 is 1.62 bits per heavy atom. The van der Waals surface area contributed by atoms with E-state index in [1.807, 2.05) is 65.7 Å². The van der Waals surface area contributed by atoms with E-state index in [0.717, 1.165) is 46.1 Å². The molecule has 0 radical (unpaired) electrons. The van der Waals surface area contributed by atoms with Gasteiger partial charge in [0.25, 0.3) is 0 Å². The van der Waals surface area contributed by atoms with Crippen molar-refractivity contribution in [3.8, 4) is 23.0 Å².